The van der Waals surface area contributed by atoms with Gasteiger partial charge in [0.15, 0.2) is 0 Å². The second-order valence-electron chi connectivity index (χ2n) is 4.71. The Bertz CT molecular complexity index is 430. The summed E-state index contributed by atoms with van der Waals surface area (Å²) in [6.45, 7) is 5.34. The molecule has 0 aliphatic heterocycles. The van der Waals surface area contributed by atoms with E-state index in [2.05, 4.69) is 39.1 Å². The summed E-state index contributed by atoms with van der Waals surface area (Å²) < 4.78 is 25.9. The van der Waals surface area contributed by atoms with Gasteiger partial charge in [0.2, 0.25) is 10.0 Å². The summed E-state index contributed by atoms with van der Waals surface area (Å²) >= 11 is 0. The Balaban J connectivity index is 2.10. The van der Waals surface area contributed by atoms with Crippen molar-refractivity contribution in [2.45, 2.75) is 39.2 Å². The molecule has 0 aliphatic carbocycles. The maximum atomic E-state index is 11.7. The molecule has 19 heavy (non-hydrogen) atoms. The molecule has 0 saturated heterocycles. The van der Waals surface area contributed by atoms with Crippen molar-refractivity contribution in [2.24, 2.45) is 0 Å². The third-order valence-corrected chi connectivity index (χ3v) is 4.01. The van der Waals surface area contributed by atoms with Crippen LogP contribution in [0.4, 0.5) is 0 Å². The fraction of sp³-hybridized carbons (Fsp3) is 0.818. The van der Waals surface area contributed by atoms with Crippen LogP contribution in [-0.4, -0.2) is 48.5 Å². The molecule has 7 nitrogen and oxygen atoms in total. The highest BCUT2D eigenvalue weighted by molar-refractivity contribution is 7.89. The van der Waals surface area contributed by atoms with Crippen molar-refractivity contribution < 1.29 is 8.42 Å². The Morgan fingerprint density at radius 1 is 1.32 bits per heavy atom. The molecular formula is C11H23N5O2S. The molecule has 1 heterocycles. The highest BCUT2D eigenvalue weighted by atomic mass is 32.2. The van der Waals surface area contributed by atoms with Crippen molar-refractivity contribution in [3.8, 4) is 0 Å². The molecule has 1 aromatic heterocycles. The van der Waals surface area contributed by atoms with Crippen LogP contribution in [0.5, 0.6) is 0 Å². The van der Waals surface area contributed by atoms with Crippen LogP contribution in [0.1, 0.15) is 32.5 Å². The average molecular weight is 289 g/mol. The van der Waals surface area contributed by atoms with Crippen LogP contribution in [0.2, 0.25) is 0 Å². The van der Waals surface area contributed by atoms with Crippen LogP contribution in [0.3, 0.4) is 0 Å². The summed E-state index contributed by atoms with van der Waals surface area (Å²) in [5.74, 6) is 0.854. The molecule has 0 saturated carbocycles. The lowest BCUT2D eigenvalue weighted by molar-refractivity contribution is 0.555. The van der Waals surface area contributed by atoms with Gasteiger partial charge >= 0.3 is 0 Å². The minimum Gasteiger partial charge on any atom is -0.315 e. The predicted molar refractivity (Wildman–Crippen MR) is 74.2 cm³/mol. The van der Waals surface area contributed by atoms with Gasteiger partial charge in [-0.2, -0.15) is 5.10 Å². The number of H-pyrrole nitrogens is 1. The topological polar surface area (TPSA) is 99.8 Å². The van der Waals surface area contributed by atoms with Gasteiger partial charge in [0.25, 0.3) is 0 Å². The van der Waals surface area contributed by atoms with E-state index in [0.29, 0.717) is 31.3 Å². The van der Waals surface area contributed by atoms with Gasteiger partial charge in [-0.05, 0) is 19.4 Å². The minimum absolute atomic E-state index is 0.170. The second kappa shape index (κ2) is 8.23. The van der Waals surface area contributed by atoms with Crippen molar-refractivity contribution >= 4 is 10.0 Å². The third kappa shape index (κ3) is 7.91. The summed E-state index contributed by atoms with van der Waals surface area (Å²) in [6.07, 6.45) is 3.46. The fourth-order valence-electron chi connectivity index (χ4n) is 1.56. The van der Waals surface area contributed by atoms with Gasteiger partial charge in [0.05, 0.1) is 5.75 Å². The van der Waals surface area contributed by atoms with Crippen LogP contribution in [0, 0.1) is 0 Å². The zero-order valence-corrected chi connectivity index (χ0v) is 12.3. The van der Waals surface area contributed by atoms with E-state index in [0.717, 1.165) is 13.0 Å². The SMILES string of the molecule is CC(C)NCCCCS(=O)(=O)NCCc1ncn[nH]1. The molecule has 0 aliphatic rings. The number of nitrogens with zero attached hydrogens (tertiary/aromatic N) is 2. The Morgan fingerprint density at radius 3 is 2.74 bits per heavy atom. The highest BCUT2D eigenvalue weighted by Gasteiger charge is 2.09. The van der Waals surface area contributed by atoms with E-state index in [1.165, 1.54) is 6.33 Å². The van der Waals surface area contributed by atoms with Crippen LogP contribution >= 0.6 is 0 Å². The van der Waals surface area contributed by atoms with E-state index >= 15 is 0 Å². The maximum Gasteiger partial charge on any atom is 0.211 e. The number of nitrogens with one attached hydrogen (secondary N) is 3. The van der Waals surface area contributed by atoms with Crippen LogP contribution < -0.4 is 10.0 Å². The Kier molecular flexibility index (Phi) is 6.96. The van der Waals surface area contributed by atoms with Gasteiger partial charge in [-0.3, -0.25) is 5.10 Å². The molecule has 0 fully saturated rings. The van der Waals surface area contributed by atoms with E-state index in [-0.39, 0.29) is 5.75 Å². The van der Waals surface area contributed by atoms with Gasteiger partial charge in [0.1, 0.15) is 12.2 Å². The van der Waals surface area contributed by atoms with Gasteiger partial charge < -0.3 is 5.32 Å². The van der Waals surface area contributed by atoms with E-state index < -0.39 is 10.0 Å². The zero-order valence-electron chi connectivity index (χ0n) is 11.5. The first-order valence-electron chi connectivity index (χ1n) is 6.54. The molecule has 0 amide bonds. The minimum atomic E-state index is -3.18. The third-order valence-electron chi connectivity index (χ3n) is 2.54. The standard InChI is InChI=1S/C11H23N5O2S/c1-10(2)12-6-3-4-8-19(17,18)15-7-5-11-13-9-14-16-11/h9-10,12,15H,3-8H2,1-2H3,(H,13,14,16). The molecule has 0 spiro atoms. The highest BCUT2D eigenvalue weighted by Crippen LogP contribution is 1.95. The molecule has 0 bridgehead atoms. The molecule has 1 rings (SSSR count). The van der Waals surface area contributed by atoms with E-state index in [4.69, 9.17) is 0 Å². The molecule has 0 aromatic carbocycles. The lowest BCUT2D eigenvalue weighted by Gasteiger charge is -2.08. The summed E-state index contributed by atoms with van der Waals surface area (Å²) in [5.41, 5.74) is 0. The summed E-state index contributed by atoms with van der Waals surface area (Å²) in [7, 11) is -3.18. The van der Waals surface area contributed by atoms with Crippen molar-refractivity contribution in [1.82, 2.24) is 25.2 Å². The lowest BCUT2D eigenvalue weighted by Crippen LogP contribution is -2.29. The quantitative estimate of drug-likeness (QED) is 0.528. The number of unbranched alkanes of at least 4 members (excludes halogenated alkanes) is 1. The number of sulfonamides is 1. The maximum absolute atomic E-state index is 11.7. The first-order valence-corrected chi connectivity index (χ1v) is 8.20. The molecule has 0 radical (unpaired) electrons. The summed E-state index contributed by atoms with van der Waals surface area (Å²) in [5, 5.41) is 9.65. The number of aromatic amines is 1. The normalized spacial score (nSPS) is 12.2. The second-order valence-corrected chi connectivity index (χ2v) is 6.64. The number of hydrogen-bond acceptors (Lipinski definition) is 5. The summed E-state index contributed by atoms with van der Waals surface area (Å²) in [6, 6.07) is 0.441. The monoisotopic (exact) mass is 289 g/mol. The molecular weight excluding hydrogens is 266 g/mol. The van der Waals surface area contributed by atoms with E-state index in [1.807, 2.05) is 0 Å². The number of rotatable bonds is 10. The Labute approximate surface area is 114 Å². The Morgan fingerprint density at radius 2 is 2.11 bits per heavy atom. The fourth-order valence-corrected chi connectivity index (χ4v) is 2.70. The molecule has 1 aromatic rings. The molecule has 8 heteroatoms. The van der Waals surface area contributed by atoms with Crippen molar-refractivity contribution in [3.05, 3.63) is 12.2 Å². The smallest absolute Gasteiger partial charge is 0.211 e. The van der Waals surface area contributed by atoms with Crippen LogP contribution in [0.25, 0.3) is 0 Å². The van der Waals surface area contributed by atoms with E-state index in [9.17, 15) is 8.42 Å². The van der Waals surface area contributed by atoms with Crippen LogP contribution in [0.15, 0.2) is 6.33 Å². The molecule has 110 valence electrons. The predicted octanol–water partition coefficient (Wildman–Crippen LogP) is 0.0448. The average Bonchev–Trinajstić information content (AvgIpc) is 2.80. The summed E-state index contributed by atoms with van der Waals surface area (Å²) in [4.78, 5) is 3.93. The Hall–Kier alpha value is -0.990. The van der Waals surface area contributed by atoms with Crippen molar-refractivity contribution in [2.75, 3.05) is 18.8 Å². The first kappa shape index (κ1) is 16.1. The van der Waals surface area contributed by atoms with Gasteiger partial charge in [0, 0.05) is 19.0 Å². The van der Waals surface area contributed by atoms with Crippen LogP contribution in [-0.2, 0) is 16.4 Å². The molecule has 0 unspecified atom stereocenters. The first-order chi connectivity index (χ1) is 8.99. The molecule has 0 atom stereocenters. The van der Waals surface area contributed by atoms with Gasteiger partial charge in [-0.15, -0.1) is 0 Å². The van der Waals surface area contributed by atoms with E-state index in [1.54, 1.807) is 0 Å². The number of aromatic nitrogens is 3. The number of hydrogen-bond donors (Lipinski definition) is 3. The van der Waals surface area contributed by atoms with Crippen molar-refractivity contribution in [1.29, 1.82) is 0 Å². The van der Waals surface area contributed by atoms with Gasteiger partial charge in [-0.1, -0.05) is 13.8 Å². The van der Waals surface area contributed by atoms with Crippen molar-refractivity contribution in [3.63, 3.8) is 0 Å². The molecule has 3 N–H and O–H groups in total. The largest absolute Gasteiger partial charge is 0.315 e. The lowest BCUT2D eigenvalue weighted by atomic mass is 10.3. The zero-order chi connectivity index (χ0) is 14.1. The van der Waals surface area contributed by atoms with Gasteiger partial charge in [-0.25, -0.2) is 18.1 Å².